The van der Waals surface area contributed by atoms with Crippen LogP contribution in [0.4, 0.5) is 0 Å². The van der Waals surface area contributed by atoms with Gasteiger partial charge in [0.05, 0.1) is 6.54 Å². The average Bonchev–Trinajstić information content (AvgIpc) is 3.05. The van der Waals surface area contributed by atoms with E-state index in [1.54, 1.807) is 6.33 Å². The van der Waals surface area contributed by atoms with Crippen molar-refractivity contribution in [1.82, 2.24) is 25.4 Å². The number of carbonyl (C=O) groups excluding carboxylic acids is 2. The molecular formula is C17H29N5O2. The zero-order chi connectivity index (χ0) is 17.4. The summed E-state index contributed by atoms with van der Waals surface area (Å²) in [7, 11) is 0. The Bertz CT molecular complexity index is 543. The molecule has 0 bridgehead atoms. The number of hydrogen-bond donors (Lipinski definition) is 2. The molecule has 2 N–H and O–H groups in total. The van der Waals surface area contributed by atoms with Crippen LogP contribution < -0.4 is 10.6 Å². The fourth-order valence-corrected chi connectivity index (χ4v) is 3.28. The average molecular weight is 335 g/mol. The van der Waals surface area contributed by atoms with Gasteiger partial charge >= 0.3 is 0 Å². The van der Waals surface area contributed by atoms with Crippen molar-refractivity contribution in [2.75, 3.05) is 6.54 Å². The van der Waals surface area contributed by atoms with E-state index in [1.165, 1.54) is 0 Å². The number of carbonyl (C=O) groups is 2. The smallest absolute Gasteiger partial charge is 0.224 e. The molecule has 2 rings (SSSR count). The van der Waals surface area contributed by atoms with E-state index in [2.05, 4.69) is 27.8 Å². The van der Waals surface area contributed by atoms with Gasteiger partial charge in [0, 0.05) is 24.9 Å². The fraction of sp³-hybridized carbons (Fsp3) is 0.765. The first-order valence-corrected chi connectivity index (χ1v) is 9.09. The van der Waals surface area contributed by atoms with Crippen molar-refractivity contribution in [3.63, 3.8) is 0 Å². The van der Waals surface area contributed by atoms with Gasteiger partial charge in [-0.1, -0.05) is 26.7 Å². The Labute approximate surface area is 143 Å². The molecule has 7 nitrogen and oxygen atoms in total. The Morgan fingerprint density at radius 3 is 2.42 bits per heavy atom. The highest BCUT2D eigenvalue weighted by atomic mass is 16.2. The molecule has 7 heteroatoms. The van der Waals surface area contributed by atoms with Crippen LogP contribution in [0.2, 0.25) is 0 Å². The van der Waals surface area contributed by atoms with Gasteiger partial charge in [-0.25, -0.2) is 0 Å². The molecule has 1 saturated carbocycles. The minimum atomic E-state index is -0.238. The Balaban J connectivity index is 1.93. The maximum absolute atomic E-state index is 12.6. The minimum Gasteiger partial charge on any atom is -0.356 e. The Hall–Kier alpha value is -1.92. The molecule has 2 amide bonds. The second-order valence-corrected chi connectivity index (χ2v) is 6.45. The number of hydrogen-bond acceptors (Lipinski definition) is 4. The third kappa shape index (κ3) is 4.79. The molecular weight excluding hydrogens is 306 g/mol. The summed E-state index contributed by atoms with van der Waals surface area (Å²) in [6.07, 6.45) is 7.16. The normalized spacial score (nSPS) is 20.6. The Morgan fingerprint density at radius 1 is 1.12 bits per heavy atom. The van der Waals surface area contributed by atoms with E-state index in [0.29, 0.717) is 13.1 Å². The summed E-state index contributed by atoms with van der Waals surface area (Å²) in [6.45, 7) is 5.98. The van der Waals surface area contributed by atoms with Crippen molar-refractivity contribution < 1.29 is 9.59 Å². The Kier molecular flexibility index (Phi) is 7.21. The maximum atomic E-state index is 12.6. The van der Waals surface area contributed by atoms with E-state index in [0.717, 1.165) is 50.9 Å². The maximum Gasteiger partial charge on any atom is 0.224 e. The molecule has 1 aromatic rings. The molecule has 0 spiro atoms. The van der Waals surface area contributed by atoms with E-state index >= 15 is 0 Å². The van der Waals surface area contributed by atoms with Crippen LogP contribution in [0.3, 0.4) is 0 Å². The molecule has 1 aliphatic carbocycles. The second kappa shape index (κ2) is 9.39. The topological polar surface area (TPSA) is 88.9 Å². The molecule has 24 heavy (non-hydrogen) atoms. The number of aromatic nitrogens is 3. The summed E-state index contributed by atoms with van der Waals surface area (Å²) in [4.78, 5) is 24.9. The fourth-order valence-electron chi connectivity index (χ4n) is 3.28. The third-order valence-electron chi connectivity index (χ3n) is 4.57. The van der Waals surface area contributed by atoms with Crippen LogP contribution in [-0.2, 0) is 22.7 Å². The number of rotatable bonds is 8. The molecule has 2 atom stereocenters. The Morgan fingerprint density at radius 2 is 1.79 bits per heavy atom. The highest BCUT2D eigenvalue weighted by molar-refractivity contribution is 5.87. The number of nitrogens with zero attached hydrogens (tertiary/aromatic N) is 3. The standard InChI is InChI=1S/C17H29N5O2/c1-3-9-18-16(23)13-7-5-6-8-14(13)17(24)19-11-15-21-20-12-22(15)10-4-2/h12-14H,3-11H2,1-2H3,(H,18,23)(H,19,24). The zero-order valence-corrected chi connectivity index (χ0v) is 14.8. The van der Waals surface area contributed by atoms with Gasteiger partial charge < -0.3 is 15.2 Å². The van der Waals surface area contributed by atoms with E-state index < -0.39 is 0 Å². The van der Waals surface area contributed by atoms with Crippen molar-refractivity contribution in [2.24, 2.45) is 11.8 Å². The van der Waals surface area contributed by atoms with Crippen LogP contribution in [0.5, 0.6) is 0 Å². The van der Waals surface area contributed by atoms with Crippen LogP contribution in [0, 0.1) is 11.8 Å². The van der Waals surface area contributed by atoms with Gasteiger partial charge in [0.2, 0.25) is 11.8 Å². The highest BCUT2D eigenvalue weighted by Crippen LogP contribution is 2.30. The van der Waals surface area contributed by atoms with Gasteiger partial charge in [-0.15, -0.1) is 10.2 Å². The summed E-state index contributed by atoms with van der Waals surface area (Å²) in [5, 5.41) is 13.9. The summed E-state index contributed by atoms with van der Waals surface area (Å²) >= 11 is 0. The first-order chi connectivity index (χ1) is 11.7. The number of aryl methyl sites for hydroxylation is 1. The summed E-state index contributed by atoms with van der Waals surface area (Å²) < 4.78 is 1.95. The van der Waals surface area contributed by atoms with Crippen LogP contribution in [-0.4, -0.2) is 33.1 Å². The molecule has 1 aromatic heterocycles. The predicted molar refractivity (Wildman–Crippen MR) is 90.9 cm³/mol. The summed E-state index contributed by atoms with van der Waals surface area (Å²) in [6, 6.07) is 0. The van der Waals surface area contributed by atoms with Crippen molar-refractivity contribution in [3.05, 3.63) is 12.2 Å². The molecule has 0 aromatic carbocycles. The van der Waals surface area contributed by atoms with Gasteiger partial charge in [0.1, 0.15) is 6.33 Å². The number of nitrogens with one attached hydrogen (secondary N) is 2. The van der Waals surface area contributed by atoms with E-state index in [9.17, 15) is 9.59 Å². The second-order valence-electron chi connectivity index (χ2n) is 6.45. The zero-order valence-electron chi connectivity index (χ0n) is 14.8. The van der Waals surface area contributed by atoms with Crippen molar-refractivity contribution in [3.8, 4) is 0 Å². The van der Waals surface area contributed by atoms with Crippen molar-refractivity contribution >= 4 is 11.8 Å². The molecule has 0 saturated heterocycles. The van der Waals surface area contributed by atoms with Crippen LogP contribution in [0.1, 0.15) is 58.2 Å². The quantitative estimate of drug-likeness (QED) is 0.756. The number of amides is 2. The van der Waals surface area contributed by atoms with Crippen LogP contribution >= 0.6 is 0 Å². The summed E-state index contributed by atoms with van der Waals surface area (Å²) in [5.41, 5.74) is 0. The van der Waals surface area contributed by atoms with Crippen LogP contribution in [0.25, 0.3) is 0 Å². The van der Waals surface area contributed by atoms with Gasteiger partial charge in [-0.2, -0.15) is 0 Å². The van der Waals surface area contributed by atoms with Gasteiger partial charge in [-0.3, -0.25) is 9.59 Å². The first-order valence-electron chi connectivity index (χ1n) is 9.09. The van der Waals surface area contributed by atoms with E-state index in [4.69, 9.17) is 0 Å². The predicted octanol–water partition coefficient (Wildman–Crippen LogP) is 1.64. The lowest BCUT2D eigenvalue weighted by atomic mass is 9.78. The largest absolute Gasteiger partial charge is 0.356 e. The van der Waals surface area contributed by atoms with Gasteiger partial charge in [-0.05, 0) is 25.7 Å². The molecule has 1 aliphatic rings. The highest BCUT2D eigenvalue weighted by Gasteiger charge is 2.35. The lowest BCUT2D eigenvalue weighted by Crippen LogP contribution is -2.43. The van der Waals surface area contributed by atoms with Gasteiger partial charge in [0.25, 0.3) is 0 Å². The molecule has 0 aliphatic heterocycles. The monoisotopic (exact) mass is 335 g/mol. The SMILES string of the molecule is CCCNC(=O)C1CCCCC1C(=O)NCc1nncn1CCC. The van der Waals surface area contributed by atoms with Crippen LogP contribution in [0.15, 0.2) is 6.33 Å². The lowest BCUT2D eigenvalue weighted by Gasteiger charge is -2.29. The van der Waals surface area contributed by atoms with Crippen molar-refractivity contribution in [1.29, 1.82) is 0 Å². The van der Waals surface area contributed by atoms with Gasteiger partial charge in [0.15, 0.2) is 5.82 Å². The molecule has 134 valence electrons. The van der Waals surface area contributed by atoms with Crippen molar-refractivity contribution in [2.45, 2.75) is 65.5 Å². The lowest BCUT2D eigenvalue weighted by molar-refractivity contribution is -0.136. The summed E-state index contributed by atoms with van der Waals surface area (Å²) in [5.74, 6) is 0.285. The first kappa shape index (κ1) is 18.4. The molecule has 0 radical (unpaired) electrons. The molecule has 1 heterocycles. The minimum absolute atomic E-state index is 0.0193. The molecule has 1 fully saturated rings. The molecule has 2 unspecified atom stereocenters. The van der Waals surface area contributed by atoms with E-state index in [1.807, 2.05) is 11.5 Å². The van der Waals surface area contributed by atoms with E-state index in [-0.39, 0.29) is 23.7 Å². The third-order valence-corrected chi connectivity index (χ3v) is 4.57.